The molecule has 6 aromatic rings. The molecule has 2 aliphatic carbocycles. The summed E-state index contributed by atoms with van der Waals surface area (Å²) >= 11 is 1.63. The number of thiophene rings is 1. The van der Waals surface area contributed by atoms with Gasteiger partial charge in [-0.05, 0) is 119 Å². The molecular weight excluding hydrogens is 743 g/mol. The Labute approximate surface area is 339 Å². The molecule has 0 bridgehead atoms. The van der Waals surface area contributed by atoms with E-state index < -0.39 is 34.6 Å². The highest BCUT2D eigenvalue weighted by molar-refractivity contribution is 7.16. The van der Waals surface area contributed by atoms with Crippen molar-refractivity contribution in [1.82, 2.24) is 0 Å². The second kappa shape index (κ2) is 14.9. The van der Waals surface area contributed by atoms with Gasteiger partial charge in [0.05, 0.1) is 16.7 Å². The van der Waals surface area contributed by atoms with E-state index in [2.05, 4.69) is 108 Å². The van der Waals surface area contributed by atoms with E-state index in [9.17, 15) is 29.4 Å². The third-order valence-electron chi connectivity index (χ3n) is 11.5. The number of carbonyl (C=O) groups is 4. The number of Topliss-reactive ketones (excluding diaryl/α,β-unsaturated/α-hetero) is 2. The monoisotopic (exact) mass is 779 g/mol. The van der Waals surface area contributed by atoms with Gasteiger partial charge in [-0.1, -0.05) is 91.4 Å². The van der Waals surface area contributed by atoms with Gasteiger partial charge < -0.3 is 15.1 Å². The van der Waals surface area contributed by atoms with Gasteiger partial charge in [0.25, 0.3) is 0 Å². The minimum absolute atomic E-state index is 0.105. The number of allylic oxidation sites excluding steroid dienone is 3. The van der Waals surface area contributed by atoms with Crippen molar-refractivity contribution in [3.8, 4) is 10.4 Å². The SMILES string of the molecule is Cc1cc(-c2ccc3c(c2)C2CCCC2N3c2ccc(C=C(c3ccccc3)c3ccccc3)cc2)sc1/C=C/C=C1C(=O)c2cc(C(=O)O)c(C(=O)O)cc2C1=O. The van der Waals surface area contributed by atoms with Gasteiger partial charge in [-0.2, -0.15) is 0 Å². The summed E-state index contributed by atoms with van der Waals surface area (Å²) in [5.41, 5.74) is 9.31. The Kier molecular flexibility index (Phi) is 9.42. The Morgan fingerprint density at radius 3 is 1.97 bits per heavy atom. The molecule has 5 aromatic carbocycles. The first-order chi connectivity index (χ1) is 28.2. The number of aromatic carboxylic acids is 2. The van der Waals surface area contributed by atoms with Crippen LogP contribution >= 0.6 is 11.3 Å². The number of rotatable bonds is 9. The van der Waals surface area contributed by atoms with Crippen molar-refractivity contribution in [3.05, 3.63) is 194 Å². The lowest BCUT2D eigenvalue weighted by Crippen LogP contribution is -2.26. The summed E-state index contributed by atoms with van der Waals surface area (Å²) in [6.45, 7) is 2.03. The van der Waals surface area contributed by atoms with Crippen LogP contribution in [0.25, 0.3) is 28.2 Å². The van der Waals surface area contributed by atoms with E-state index in [4.69, 9.17) is 0 Å². The van der Waals surface area contributed by atoms with Gasteiger partial charge in [0.2, 0.25) is 0 Å². The fourth-order valence-corrected chi connectivity index (χ4v) is 9.81. The van der Waals surface area contributed by atoms with Crippen LogP contribution in [0.15, 0.2) is 139 Å². The van der Waals surface area contributed by atoms with Crippen LogP contribution in [-0.2, 0) is 0 Å². The summed E-state index contributed by atoms with van der Waals surface area (Å²) < 4.78 is 0. The van der Waals surface area contributed by atoms with Crippen molar-refractivity contribution >= 4 is 63.9 Å². The summed E-state index contributed by atoms with van der Waals surface area (Å²) in [4.78, 5) is 54.2. The predicted octanol–water partition coefficient (Wildman–Crippen LogP) is 11.5. The number of fused-ring (bicyclic) bond motifs is 4. The molecule has 9 rings (SSSR count). The molecule has 0 saturated heterocycles. The number of carboxylic acids is 2. The molecule has 2 unspecified atom stereocenters. The van der Waals surface area contributed by atoms with E-state index in [1.807, 2.05) is 25.1 Å². The molecule has 284 valence electrons. The smallest absolute Gasteiger partial charge is 0.336 e. The average molecular weight is 780 g/mol. The van der Waals surface area contributed by atoms with Gasteiger partial charge in [-0.3, -0.25) is 9.59 Å². The highest BCUT2D eigenvalue weighted by Gasteiger charge is 2.42. The highest BCUT2D eigenvalue weighted by atomic mass is 32.1. The second-order valence-electron chi connectivity index (χ2n) is 14.9. The van der Waals surface area contributed by atoms with Crippen LogP contribution in [-0.4, -0.2) is 39.8 Å². The molecule has 2 atom stereocenters. The number of benzene rings is 5. The Bertz CT molecular complexity index is 2660. The lowest BCUT2D eigenvalue weighted by Gasteiger charge is -2.27. The quantitative estimate of drug-likeness (QED) is 0.0853. The van der Waals surface area contributed by atoms with Crippen LogP contribution in [0.3, 0.4) is 0 Å². The van der Waals surface area contributed by atoms with Crippen molar-refractivity contribution < 1.29 is 29.4 Å². The Balaban J connectivity index is 0.967. The topological polar surface area (TPSA) is 112 Å². The zero-order valence-corrected chi connectivity index (χ0v) is 32.3. The van der Waals surface area contributed by atoms with Gasteiger partial charge in [0, 0.05) is 44.2 Å². The molecule has 58 heavy (non-hydrogen) atoms. The van der Waals surface area contributed by atoms with Crippen molar-refractivity contribution in [3.63, 3.8) is 0 Å². The van der Waals surface area contributed by atoms with Crippen LogP contribution in [0, 0.1) is 6.92 Å². The second-order valence-corrected chi connectivity index (χ2v) is 16.0. The molecule has 0 radical (unpaired) electrons. The first kappa shape index (κ1) is 36.7. The number of carbonyl (C=O) groups excluding carboxylic acids is 2. The first-order valence-corrected chi connectivity index (χ1v) is 20.1. The summed E-state index contributed by atoms with van der Waals surface area (Å²) in [7, 11) is 0. The predicted molar refractivity (Wildman–Crippen MR) is 229 cm³/mol. The van der Waals surface area contributed by atoms with Gasteiger partial charge >= 0.3 is 11.9 Å². The lowest BCUT2D eigenvalue weighted by molar-refractivity contribution is 0.0651. The van der Waals surface area contributed by atoms with Crippen LogP contribution in [0.4, 0.5) is 11.4 Å². The maximum absolute atomic E-state index is 13.1. The molecule has 2 N–H and O–H groups in total. The number of hydrogen-bond acceptors (Lipinski definition) is 6. The number of anilines is 2. The largest absolute Gasteiger partial charge is 0.478 e. The molecule has 3 aliphatic rings. The number of carboxylic acid groups (broad SMARTS) is 2. The Morgan fingerprint density at radius 2 is 1.36 bits per heavy atom. The van der Waals surface area contributed by atoms with Crippen LogP contribution < -0.4 is 4.90 Å². The van der Waals surface area contributed by atoms with Gasteiger partial charge in [-0.15, -0.1) is 11.3 Å². The molecule has 1 aromatic heterocycles. The summed E-state index contributed by atoms with van der Waals surface area (Å²) in [6, 6.07) is 41.3. The average Bonchev–Trinajstić information content (AvgIpc) is 4.00. The fraction of sp³-hybridized carbons (Fsp3) is 0.120. The van der Waals surface area contributed by atoms with Gasteiger partial charge in [0.15, 0.2) is 11.6 Å². The van der Waals surface area contributed by atoms with Crippen LogP contribution in [0.2, 0.25) is 0 Å². The third kappa shape index (κ3) is 6.51. The number of nitrogens with zero attached hydrogens (tertiary/aromatic N) is 1. The minimum atomic E-state index is -1.48. The number of aryl methyl sites for hydroxylation is 1. The fourth-order valence-electron chi connectivity index (χ4n) is 8.72. The molecule has 1 saturated carbocycles. The molecule has 1 aliphatic heterocycles. The normalized spacial score (nSPS) is 16.7. The van der Waals surface area contributed by atoms with E-state index in [1.54, 1.807) is 17.4 Å². The van der Waals surface area contributed by atoms with E-state index >= 15 is 0 Å². The molecule has 1 fully saturated rings. The van der Waals surface area contributed by atoms with E-state index in [-0.39, 0.29) is 16.7 Å². The zero-order valence-electron chi connectivity index (χ0n) is 31.5. The maximum atomic E-state index is 13.1. The lowest BCUT2D eigenvalue weighted by atomic mass is 9.95. The molecule has 2 heterocycles. The number of ketones is 2. The molecule has 0 amide bonds. The summed E-state index contributed by atoms with van der Waals surface area (Å²) in [5.74, 6) is -3.77. The zero-order chi connectivity index (χ0) is 40.1. The van der Waals surface area contributed by atoms with Crippen molar-refractivity contribution in [2.24, 2.45) is 0 Å². The molecule has 8 heteroatoms. The standard InChI is InChI=1S/C50H37NO6S/c1-29-24-46(58-45(29)17-9-15-36-47(52)39-27-41(49(54)55)42(50(56)57)28-40(39)48(36)53)33-20-23-44-38(26-33)35-14-8-16-43(35)51(44)34-21-18-30(19-22-34)25-37(31-10-4-2-5-11-31)32-12-6-3-7-13-32/h2-7,9-13,15,17-28,35,43H,8,14,16H2,1H3,(H,54,55)(H,56,57)/b17-9+. The van der Waals surface area contributed by atoms with Gasteiger partial charge in [0.1, 0.15) is 0 Å². The molecule has 0 spiro atoms. The minimum Gasteiger partial charge on any atom is -0.478 e. The Morgan fingerprint density at radius 1 is 0.741 bits per heavy atom. The summed E-state index contributed by atoms with van der Waals surface area (Å²) in [6.07, 6.45) is 10.7. The van der Waals surface area contributed by atoms with E-state index in [1.165, 1.54) is 46.1 Å². The maximum Gasteiger partial charge on any atom is 0.336 e. The van der Waals surface area contributed by atoms with Crippen molar-refractivity contribution in [1.29, 1.82) is 0 Å². The molecule has 7 nitrogen and oxygen atoms in total. The van der Waals surface area contributed by atoms with Crippen molar-refractivity contribution in [2.45, 2.75) is 38.1 Å². The van der Waals surface area contributed by atoms with Crippen LogP contribution in [0.1, 0.15) is 99.3 Å². The van der Waals surface area contributed by atoms with Crippen LogP contribution in [0.5, 0.6) is 0 Å². The third-order valence-corrected chi connectivity index (χ3v) is 12.7. The number of hydrogen-bond donors (Lipinski definition) is 2. The van der Waals surface area contributed by atoms with E-state index in [0.717, 1.165) is 51.4 Å². The van der Waals surface area contributed by atoms with E-state index in [0.29, 0.717) is 12.0 Å². The Hall–Kier alpha value is -6.90. The first-order valence-electron chi connectivity index (χ1n) is 19.3. The van der Waals surface area contributed by atoms with Gasteiger partial charge in [-0.25, -0.2) is 9.59 Å². The van der Waals surface area contributed by atoms with Crippen molar-refractivity contribution in [2.75, 3.05) is 4.90 Å². The summed E-state index contributed by atoms with van der Waals surface area (Å²) in [5, 5.41) is 19.0. The highest BCUT2D eigenvalue weighted by Crippen LogP contribution is 2.53. The molecular formula is C50H37NO6S.